The van der Waals surface area contributed by atoms with Crippen molar-refractivity contribution in [1.82, 2.24) is 24.9 Å². The maximum Gasteiger partial charge on any atom is 0.325 e. The van der Waals surface area contributed by atoms with Crippen molar-refractivity contribution in [2.75, 3.05) is 25.1 Å². The lowest BCUT2D eigenvalue weighted by atomic mass is 9.73. The van der Waals surface area contributed by atoms with Gasteiger partial charge in [-0.25, -0.2) is 13.2 Å². The molecule has 0 radical (unpaired) electrons. The number of nitrogens with zero attached hydrogens (tertiary/aromatic N) is 4. The van der Waals surface area contributed by atoms with Gasteiger partial charge < -0.3 is 10.2 Å². The number of aryl methyl sites for hydroxylation is 1. The second-order valence-corrected chi connectivity index (χ2v) is 12.1. The molecular formula is C22H33N5O5S. The minimum absolute atomic E-state index is 0.0380. The molecule has 1 aromatic rings. The lowest BCUT2D eigenvalue weighted by Crippen LogP contribution is -2.54. The topological polar surface area (TPSA) is 122 Å². The molecule has 0 bridgehead atoms. The number of carbonyl (C=O) groups excluding carboxylic acids is 3. The number of carbonyl (C=O) groups is 3. The van der Waals surface area contributed by atoms with Crippen LogP contribution < -0.4 is 5.32 Å². The SMILES string of the molecule is Cc1nn([C@@H]2CCS(=O)(=O)C2)c(C)c1CN(C)C(=O)CN1C(=O)N[C@]2(CCCC[C@@H]2C)C1=O. The molecular weight excluding hydrogens is 446 g/mol. The van der Waals surface area contributed by atoms with Crippen molar-refractivity contribution in [3.63, 3.8) is 0 Å². The monoisotopic (exact) mass is 479 g/mol. The minimum atomic E-state index is -3.04. The number of hydrogen-bond acceptors (Lipinski definition) is 6. The number of urea groups is 1. The molecule has 3 atom stereocenters. The van der Waals surface area contributed by atoms with Crippen molar-refractivity contribution in [2.24, 2.45) is 5.92 Å². The summed E-state index contributed by atoms with van der Waals surface area (Å²) in [5.41, 5.74) is 1.54. The molecule has 33 heavy (non-hydrogen) atoms. The Morgan fingerprint density at radius 3 is 2.61 bits per heavy atom. The Balaban J connectivity index is 1.44. The lowest BCUT2D eigenvalue weighted by molar-refractivity contribution is -0.140. The summed E-state index contributed by atoms with van der Waals surface area (Å²) in [5.74, 6) is -0.361. The number of likely N-dealkylation sites (N-methyl/N-ethyl adjacent to an activating group) is 1. The van der Waals surface area contributed by atoms with Crippen LogP contribution in [0.2, 0.25) is 0 Å². The average molecular weight is 480 g/mol. The van der Waals surface area contributed by atoms with E-state index >= 15 is 0 Å². The molecule has 2 saturated heterocycles. The highest BCUT2D eigenvalue weighted by Crippen LogP contribution is 2.38. The second-order valence-electron chi connectivity index (χ2n) is 9.84. The quantitative estimate of drug-likeness (QED) is 0.636. The third-order valence-electron chi connectivity index (χ3n) is 7.64. The van der Waals surface area contributed by atoms with Gasteiger partial charge in [-0.15, -0.1) is 0 Å². The van der Waals surface area contributed by atoms with Gasteiger partial charge in [-0.3, -0.25) is 19.2 Å². The number of sulfone groups is 1. The molecule has 1 N–H and O–H groups in total. The highest BCUT2D eigenvalue weighted by Gasteiger charge is 2.55. The Morgan fingerprint density at radius 1 is 1.24 bits per heavy atom. The van der Waals surface area contributed by atoms with Gasteiger partial charge in [-0.2, -0.15) is 5.10 Å². The Kier molecular flexibility index (Phi) is 6.05. The summed E-state index contributed by atoms with van der Waals surface area (Å²) in [4.78, 5) is 41.2. The molecule has 0 aromatic carbocycles. The normalized spacial score (nSPS) is 29.0. The first-order valence-corrected chi connectivity index (χ1v) is 13.4. The summed E-state index contributed by atoms with van der Waals surface area (Å²) in [6, 6.07) is -0.693. The largest absolute Gasteiger partial charge is 0.340 e. The first kappa shape index (κ1) is 23.7. The van der Waals surface area contributed by atoms with E-state index in [1.54, 1.807) is 11.7 Å². The summed E-state index contributed by atoms with van der Waals surface area (Å²) in [5, 5.41) is 7.43. The van der Waals surface area contributed by atoms with E-state index in [9.17, 15) is 22.8 Å². The van der Waals surface area contributed by atoms with Crippen LogP contribution in [-0.4, -0.2) is 76.5 Å². The molecule has 3 heterocycles. The number of nitrogens with one attached hydrogen (secondary N) is 1. The third kappa shape index (κ3) is 4.15. The van der Waals surface area contributed by atoms with E-state index in [0.717, 1.165) is 41.1 Å². The molecule has 10 nitrogen and oxygen atoms in total. The molecule has 3 aliphatic rings. The third-order valence-corrected chi connectivity index (χ3v) is 9.40. The molecule has 11 heteroatoms. The maximum atomic E-state index is 13.1. The standard InChI is InChI=1S/C22H33N5O5S/c1-14-7-5-6-9-22(14)20(29)26(21(30)23-22)12-19(28)25(4)11-18-15(2)24-27(16(18)3)17-8-10-33(31,32)13-17/h14,17H,5-13H2,1-4H3,(H,23,30)/t14-,17+,22-/m0/s1. The summed E-state index contributed by atoms with van der Waals surface area (Å²) in [6.45, 7) is 5.66. The molecule has 0 unspecified atom stereocenters. The molecule has 1 spiro atoms. The van der Waals surface area contributed by atoms with E-state index in [4.69, 9.17) is 0 Å². The zero-order valence-corrected chi connectivity index (χ0v) is 20.6. The van der Waals surface area contributed by atoms with E-state index in [1.807, 2.05) is 20.8 Å². The van der Waals surface area contributed by atoms with Gasteiger partial charge in [-0.05, 0) is 39.0 Å². The van der Waals surface area contributed by atoms with Gasteiger partial charge in [0.15, 0.2) is 9.84 Å². The predicted octanol–water partition coefficient (Wildman–Crippen LogP) is 1.32. The second kappa shape index (κ2) is 8.41. The molecule has 1 aliphatic carbocycles. The van der Waals surface area contributed by atoms with Crippen LogP contribution in [0.25, 0.3) is 0 Å². The first-order chi connectivity index (χ1) is 15.4. The van der Waals surface area contributed by atoms with Crippen LogP contribution in [0.4, 0.5) is 4.79 Å². The fraction of sp³-hybridized carbons (Fsp3) is 0.727. The van der Waals surface area contributed by atoms with E-state index in [0.29, 0.717) is 12.8 Å². The zero-order chi connectivity index (χ0) is 24.1. The lowest BCUT2D eigenvalue weighted by Gasteiger charge is -2.36. The molecule has 3 fully saturated rings. The fourth-order valence-corrected chi connectivity index (χ4v) is 7.16. The van der Waals surface area contributed by atoms with Crippen LogP contribution in [-0.2, 0) is 26.0 Å². The number of hydrogen-bond donors (Lipinski definition) is 1. The van der Waals surface area contributed by atoms with E-state index in [2.05, 4.69) is 10.4 Å². The van der Waals surface area contributed by atoms with Gasteiger partial charge >= 0.3 is 6.03 Å². The molecule has 2 aliphatic heterocycles. The summed E-state index contributed by atoms with van der Waals surface area (Å²) in [7, 11) is -1.41. The number of aromatic nitrogens is 2. The zero-order valence-electron chi connectivity index (χ0n) is 19.8. The van der Waals surface area contributed by atoms with Crippen LogP contribution in [0.5, 0.6) is 0 Å². The highest BCUT2D eigenvalue weighted by atomic mass is 32.2. The Hall–Kier alpha value is -2.43. The Morgan fingerprint density at radius 2 is 1.97 bits per heavy atom. The smallest absolute Gasteiger partial charge is 0.325 e. The Bertz CT molecular complexity index is 1100. The minimum Gasteiger partial charge on any atom is -0.340 e. The number of imide groups is 1. The van der Waals surface area contributed by atoms with Gasteiger partial charge in [-0.1, -0.05) is 19.8 Å². The predicted molar refractivity (Wildman–Crippen MR) is 121 cm³/mol. The van der Waals surface area contributed by atoms with E-state index in [1.165, 1.54) is 4.90 Å². The van der Waals surface area contributed by atoms with E-state index < -0.39 is 21.4 Å². The van der Waals surface area contributed by atoms with Crippen LogP contribution in [0.1, 0.15) is 62.0 Å². The number of amides is 4. The summed E-state index contributed by atoms with van der Waals surface area (Å²) < 4.78 is 25.5. The van der Waals surface area contributed by atoms with Crippen LogP contribution in [0.3, 0.4) is 0 Å². The fourth-order valence-electron chi connectivity index (χ4n) is 5.47. The van der Waals surface area contributed by atoms with Crippen molar-refractivity contribution in [3.05, 3.63) is 17.0 Å². The Labute approximate surface area is 194 Å². The molecule has 1 aromatic heterocycles. The van der Waals surface area contributed by atoms with Crippen molar-refractivity contribution in [2.45, 2.75) is 71.0 Å². The van der Waals surface area contributed by atoms with Crippen molar-refractivity contribution in [3.8, 4) is 0 Å². The van der Waals surface area contributed by atoms with Crippen LogP contribution in [0.15, 0.2) is 0 Å². The van der Waals surface area contributed by atoms with Gasteiger partial charge in [0.2, 0.25) is 5.91 Å². The first-order valence-electron chi connectivity index (χ1n) is 11.6. The number of rotatable bonds is 5. The summed E-state index contributed by atoms with van der Waals surface area (Å²) in [6.07, 6.45) is 3.92. The highest BCUT2D eigenvalue weighted by molar-refractivity contribution is 7.91. The molecule has 4 rings (SSSR count). The van der Waals surface area contributed by atoms with Crippen LogP contribution >= 0.6 is 0 Å². The maximum absolute atomic E-state index is 13.1. The van der Waals surface area contributed by atoms with Crippen molar-refractivity contribution < 1.29 is 22.8 Å². The van der Waals surface area contributed by atoms with E-state index in [-0.39, 0.29) is 48.4 Å². The summed E-state index contributed by atoms with van der Waals surface area (Å²) >= 11 is 0. The van der Waals surface area contributed by atoms with Gasteiger partial charge in [0.1, 0.15) is 12.1 Å². The molecule has 4 amide bonds. The van der Waals surface area contributed by atoms with Gasteiger partial charge in [0.25, 0.3) is 5.91 Å². The van der Waals surface area contributed by atoms with Crippen molar-refractivity contribution in [1.29, 1.82) is 0 Å². The molecule has 182 valence electrons. The van der Waals surface area contributed by atoms with Crippen molar-refractivity contribution >= 4 is 27.7 Å². The van der Waals surface area contributed by atoms with Gasteiger partial charge in [0.05, 0.1) is 23.2 Å². The molecule has 1 saturated carbocycles. The van der Waals surface area contributed by atoms with Crippen LogP contribution in [0, 0.1) is 19.8 Å². The van der Waals surface area contributed by atoms with Gasteiger partial charge in [0, 0.05) is 24.8 Å². The average Bonchev–Trinajstić information content (AvgIpc) is 3.33.